The molecule has 4 heterocycles. The molecule has 1 N–H and O–H groups in total. The highest BCUT2D eigenvalue weighted by Crippen LogP contribution is 2.48. The van der Waals surface area contributed by atoms with Crippen molar-refractivity contribution in [2.45, 2.75) is 89.3 Å². The van der Waals surface area contributed by atoms with Crippen molar-refractivity contribution >= 4 is 47.0 Å². The number of urea groups is 1. The van der Waals surface area contributed by atoms with E-state index in [1.807, 2.05) is 52.0 Å². The van der Waals surface area contributed by atoms with Crippen molar-refractivity contribution in [3.63, 3.8) is 0 Å². The molecule has 3 saturated heterocycles. The van der Waals surface area contributed by atoms with E-state index >= 15 is 0 Å². The molecule has 11 heteroatoms. The molecule has 0 bridgehead atoms. The standard InChI is InChI=1S/C39H53N5O5S.H2/c1-5-49-37(47)28-14-20-41(21-15-28)32-13-9-7-11-30(32)36-44(25-19-39(2,3)4)35(46)33(50-36)26-34(45)42-22-17-29(18-23-42)43-24-16-27-10-6-8-12-31(27)40-38(43)48;/h6-13,28-29,33,36H,5,14-26H2,1-4H3,(H,40,48);1H. The Morgan fingerprint density at radius 1 is 0.940 bits per heavy atom. The highest BCUT2D eigenvalue weighted by Gasteiger charge is 2.44. The van der Waals surface area contributed by atoms with Crippen LogP contribution in [0.4, 0.5) is 16.2 Å². The molecule has 0 spiro atoms. The number of piperidine rings is 2. The van der Waals surface area contributed by atoms with Gasteiger partial charge in [-0.15, -0.1) is 11.8 Å². The van der Waals surface area contributed by atoms with Gasteiger partial charge in [0.05, 0.1) is 17.8 Å². The van der Waals surface area contributed by atoms with Crippen LogP contribution in [0.25, 0.3) is 0 Å². The highest BCUT2D eigenvalue weighted by molar-refractivity contribution is 8.01. The molecule has 2 aromatic rings. The number of likely N-dealkylation sites (tertiary alicyclic amines) is 1. The Kier molecular flexibility index (Phi) is 11.3. The lowest BCUT2D eigenvalue weighted by molar-refractivity contribution is -0.148. The van der Waals surface area contributed by atoms with Crippen LogP contribution in [0.5, 0.6) is 0 Å². The molecule has 4 aliphatic rings. The second-order valence-electron chi connectivity index (χ2n) is 15.2. The van der Waals surface area contributed by atoms with Gasteiger partial charge in [-0.25, -0.2) is 4.79 Å². The van der Waals surface area contributed by atoms with Crippen molar-refractivity contribution in [1.82, 2.24) is 14.7 Å². The first-order valence-electron chi connectivity index (χ1n) is 18.4. The summed E-state index contributed by atoms with van der Waals surface area (Å²) in [5.74, 6) is -0.152. The number of thioether (sulfide) groups is 1. The molecule has 2 atom stereocenters. The maximum absolute atomic E-state index is 14.1. The number of ether oxygens (including phenoxy) is 1. The van der Waals surface area contributed by atoms with Crippen LogP contribution < -0.4 is 10.2 Å². The topological polar surface area (TPSA) is 102 Å². The lowest BCUT2D eigenvalue weighted by atomic mass is 9.92. The molecular formula is C39H55N5O5S. The molecule has 0 saturated carbocycles. The van der Waals surface area contributed by atoms with Gasteiger partial charge in [0.2, 0.25) is 11.8 Å². The number of para-hydroxylation sites is 2. The van der Waals surface area contributed by atoms with E-state index in [0.717, 1.165) is 74.1 Å². The van der Waals surface area contributed by atoms with Gasteiger partial charge in [-0.3, -0.25) is 14.4 Å². The third-order valence-electron chi connectivity index (χ3n) is 10.7. The van der Waals surface area contributed by atoms with E-state index in [-0.39, 0.29) is 54.4 Å². The molecule has 272 valence electrons. The van der Waals surface area contributed by atoms with Crippen molar-refractivity contribution in [3.8, 4) is 0 Å². The molecule has 6 rings (SSSR count). The summed E-state index contributed by atoms with van der Waals surface area (Å²) in [6.45, 7) is 12.7. The zero-order valence-electron chi connectivity index (χ0n) is 30.1. The first kappa shape index (κ1) is 36.1. The monoisotopic (exact) mass is 705 g/mol. The molecule has 50 heavy (non-hydrogen) atoms. The number of nitrogens with one attached hydrogen (secondary N) is 1. The summed E-state index contributed by atoms with van der Waals surface area (Å²) >= 11 is 1.60. The number of nitrogens with zero attached hydrogens (tertiary/aromatic N) is 4. The van der Waals surface area contributed by atoms with E-state index in [9.17, 15) is 19.2 Å². The molecule has 10 nitrogen and oxygen atoms in total. The van der Waals surface area contributed by atoms with Crippen LogP contribution in [0.1, 0.15) is 84.1 Å². The van der Waals surface area contributed by atoms with Gasteiger partial charge in [0, 0.05) is 70.1 Å². The van der Waals surface area contributed by atoms with Gasteiger partial charge in [0.25, 0.3) is 0 Å². The first-order chi connectivity index (χ1) is 24.0. The highest BCUT2D eigenvalue weighted by atomic mass is 32.2. The summed E-state index contributed by atoms with van der Waals surface area (Å²) in [6, 6.07) is 16.3. The van der Waals surface area contributed by atoms with Crippen LogP contribution in [0.15, 0.2) is 48.5 Å². The number of anilines is 2. The predicted octanol–water partition coefficient (Wildman–Crippen LogP) is 6.56. The summed E-state index contributed by atoms with van der Waals surface area (Å²) in [5.41, 5.74) is 4.25. The van der Waals surface area contributed by atoms with Crippen molar-refractivity contribution in [2.75, 3.05) is 56.1 Å². The van der Waals surface area contributed by atoms with E-state index < -0.39 is 5.25 Å². The van der Waals surface area contributed by atoms with Gasteiger partial charge >= 0.3 is 12.0 Å². The second-order valence-corrected chi connectivity index (χ2v) is 16.5. The number of esters is 1. The SMILES string of the molecule is CCOC(=O)C1CCN(c2ccccc2C2SC(CC(=O)N3CCC(N4CCc5ccccc5NC4=O)CC3)C(=O)N2CCC(C)(C)C)CC1.[HH]. The fourth-order valence-corrected chi connectivity index (χ4v) is 9.20. The second kappa shape index (κ2) is 15.7. The lowest BCUT2D eigenvalue weighted by Gasteiger charge is -2.38. The van der Waals surface area contributed by atoms with Gasteiger partial charge in [0.15, 0.2) is 0 Å². The zero-order valence-corrected chi connectivity index (χ0v) is 30.9. The Labute approximate surface area is 302 Å². The van der Waals surface area contributed by atoms with Crippen molar-refractivity contribution < 1.29 is 25.3 Å². The Morgan fingerprint density at radius 3 is 2.36 bits per heavy atom. The first-order valence-corrected chi connectivity index (χ1v) is 19.4. The third-order valence-corrected chi connectivity index (χ3v) is 12.1. The minimum atomic E-state index is -0.456. The molecule has 2 aromatic carbocycles. The Balaban J connectivity index is 0.00000504. The van der Waals surface area contributed by atoms with Gasteiger partial charge < -0.3 is 29.7 Å². The maximum atomic E-state index is 14.1. The number of amides is 4. The minimum Gasteiger partial charge on any atom is -0.466 e. The molecule has 2 unspecified atom stereocenters. The third kappa shape index (κ3) is 8.24. The number of rotatable bonds is 9. The number of hydrogen-bond donors (Lipinski definition) is 1. The van der Waals surface area contributed by atoms with Gasteiger partial charge in [-0.05, 0) is 68.6 Å². The summed E-state index contributed by atoms with van der Waals surface area (Å²) < 4.78 is 5.29. The molecule has 4 amide bonds. The summed E-state index contributed by atoms with van der Waals surface area (Å²) in [6.07, 6.45) is 4.75. The number of carbonyl (C=O) groups excluding carboxylic acids is 4. The average molecular weight is 706 g/mol. The summed E-state index contributed by atoms with van der Waals surface area (Å²) in [4.78, 5) is 61.6. The largest absolute Gasteiger partial charge is 0.466 e. The normalized spacial score (nSPS) is 22.3. The molecule has 4 aliphatic heterocycles. The van der Waals surface area contributed by atoms with Crippen LogP contribution in [0.2, 0.25) is 0 Å². The van der Waals surface area contributed by atoms with E-state index in [2.05, 4.69) is 49.2 Å². The fraction of sp³-hybridized carbons (Fsp3) is 0.590. The van der Waals surface area contributed by atoms with Gasteiger partial charge in [-0.1, -0.05) is 57.2 Å². The Bertz CT molecular complexity index is 1550. The summed E-state index contributed by atoms with van der Waals surface area (Å²) in [7, 11) is 0. The van der Waals surface area contributed by atoms with Gasteiger partial charge in [-0.2, -0.15) is 0 Å². The Morgan fingerprint density at radius 2 is 1.64 bits per heavy atom. The average Bonchev–Trinajstić information content (AvgIpc) is 3.30. The van der Waals surface area contributed by atoms with Gasteiger partial charge in [0.1, 0.15) is 5.37 Å². The van der Waals surface area contributed by atoms with Crippen LogP contribution >= 0.6 is 11.8 Å². The van der Waals surface area contributed by atoms with Crippen molar-refractivity contribution in [1.29, 1.82) is 0 Å². The molecule has 0 aromatic heterocycles. The lowest BCUT2D eigenvalue weighted by Crippen LogP contribution is -2.50. The van der Waals surface area contributed by atoms with Crippen LogP contribution in [-0.2, 0) is 25.5 Å². The molecule has 0 radical (unpaired) electrons. The smallest absolute Gasteiger partial charge is 0.322 e. The summed E-state index contributed by atoms with van der Waals surface area (Å²) in [5, 5.41) is 2.42. The van der Waals surface area contributed by atoms with Crippen LogP contribution in [-0.4, -0.2) is 95.7 Å². The van der Waals surface area contributed by atoms with Crippen LogP contribution in [0, 0.1) is 11.3 Å². The van der Waals surface area contributed by atoms with E-state index in [1.165, 1.54) is 0 Å². The minimum absolute atomic E-state index is 0. The van der Waals surface area contributed by atoms with E-state index in [4.69, 9.17) is 4.74 Å². The maximum Gasteiger partial charge on any atom is 0.322 e. The van der Waals surface area contributed by atoms with E-state index in [0.29, 0.717) is 32.8 Å². The van der Waals surface area contributed by atoms with Crippen molar-refractivity contribution in [2.24, 2.45) is 11.3 Å². The number of hydrogen-bond acceptors (Lipinski definition) is 7. The fourth-order valence-electron chi connectivity index (χ4n) is 7.70. The number of fused-ring (bicyclic) bond motifs is 1. The van der Waals surface area contributed by atoms with E-state index in [1.54, 1.807) is 11.8 Å². The number of carbonyl (C=O) groups is 4. The molecule has 0 aliphatic carbocycles. The molecule has 3 fully saturated rings. The quantitative estimate of drug-likeness (QED) is 0.295. The van der Waals surface area contributed by atoms with Crippen LogP contribution in [0.3, 0.4) is 0 Å². The Hall–Kier alpha value is -3.73. The predicted molar refractivity (Wildman–Crippen MR) is 200 cm³/mol. The number of benzene rings is 2. The zero-order chi connectivity index (χ0) is 35.4. The van der Waals surface area contributed by atoms with Crippen molar-refractivity contribution in [3.05, 3.63) is 59.7 Å². The molecular weight excluding hydrogens is 651 g/mol.